The summed E-state index contributed by atoms with van der Waals surface area (Å²) in [7, 11) is 3.90. The number of carbonyl (C=O) groups excluding carboxylic acids is 3. The van der Waals surface area contributed by atoms with E-state index >= 15 is 0 Å². The van der Waals surface area contributed by atoms with Crippen LogP contribution in [-0.4, -0.2) is 61.4 Å². The summed E-state index contributed by atoms with van der Waals surface area (Å²) >= 11 is 1.43. The fraction of sp³-hybridized carbons (Fsp3) is 0.367. The average molecular weight is 533 g/mol. The predicted octanol–water partition coefficient (Wildman–Crippen LogP) is 3.91. The zero-order valence-corrected chi connectivity index (χ0v) is 22.9. The lowest BCUT2D eigenvalue weighted by molar-refractivity contribution is -0.127. The van der Waals surface area contributed by atoms with Gasteiger partial charge in [-0.25, -0.2) is 0 Å². The largest absolute Gasteiger partial charge is 0.351 e. The lowest BCUT2D eigenvalue weighted by Gasteiger charge is -2.30. The zero-order valence-electron chi connectivity index (χ0n) is 22.0. The van der Waals surface area contributed by atoms with Crippen molar-refractivity contribution in [3.8, 4) is 0 Å². The summed E-state index contributed by atoms with van der Waals surface area (Å²) < 4.78 is 1.04. The molecule has 1 aliphatic carbocycles. The van der Waals surface area contributed by atoms with Crippen molar-refractivity contribution in [2.45, 2.75) is 43.7 Å². The second-order valence-electron chi connectivity index (χ2n) is 10.1. The van der Waals surface area contributed by atoms with Crippen LogP contribution in [0.15, 0.2) is 72.8 Å². The molecule has 3 amide bonds. The standard InChI is InChI=1S/C30H36N4O3S/c1-34(2)19-18-31-27(35)15-14-24(20-22-10-4-3-5-11-22)32-29(37)30(16-8-9-17-30)33-28(36)26-21-23-12-6-7-13-25(23)38-26/h3-7,10-15,21,24H,8-9,16-20H2,1-2H3,(H,31,35)(H,32,37)(H,33,36)/b15-14+. The molecule has 7 nitrogen and oxygen atoms in total. The van der Waals surface area contributed by atoms with Gasteiger partial charge in [0.1, 0.15) is 5.54 Å². The molecule has 3 N–H and O–H groups in total. The van der Waals surface area contributed by atoms with Gasteiger partial charge in [0.2, 0.25) is 11.8 Å². The van der Waals surface area contributed by atoms with E-state index in [1.807, 2.05) is 79.7 Å². The van der Waals surface area contributed by atoms with E-state index in [4.69, 9.17) is 0 Å². The van der Waals surface area contributed by atoms with Crippen molar-refractivity contribution < 1.29 is 14.4 Å². The number of carbonyl (C=O) groups is 3. The minimum Gasteiger partial charge on any atom is -0.351 e. The highest BCUT2D eigenvalue weighted by Gasteiger charge is 2.43. The Morgan fingerprint density at radius 2 is 1.74 bits per heavy atom. The number of nitrogens with zero attached hydrogens (tertiary/aromatic N) is 1. The summed E-state index contributed by atoms with van der Waals surface area (Å²) in [4.78, 5) is 42.0. The molecule has 1 heterocycles. The van der Waals surface area contributed by atoms with Crippen LogP contribution in [-0.2, 0) is 16.0 Å². The third-order valence-electron chi connectivity index (χ3n) is 6.85. The molecule has 1 fully saturated rings. The molecule has 1 saturated carbocycles. The number of benzene rings is 2. The predicted molar refractivity (Wildman–Crippen MR) is 153 cm³/mol. The van der Waals surface area contributed by atoms with Gasteiger partial charge in [0, 0.05) is 23.9 Å². The molecule has 0 aliphatic heterocycles. The quantitative estimate of drug-likeness (QED) is 0.327. The third kappa shape index (κ3) is 7.30. The van der Waals surface area contributed by atoms with E-state index in [9.17, 15) is 14.4 Å². The maximum atomic E-state index is 13.7. The van der Waals surface area contributed by atoms with Crippen LogP contribution in [0.5, 0.6) is 0 Å². The van der Waals surface area contributed by atoms with Gasteiger partial charge in [-0.05, 0) is 56.4 Å². The number of likely N-dealkylation sites (N-methyl/N-ethyl adjacent to an activating group) is 1. The normalized spacial score (nSPS) is 15.6. The molecule has 0 radical (unpaired) electrons. The van der Waals surface area contributed by atoms with Crippen molar-refractivity contribution in [2.24, 2.45) is 0 Å². The van der Waals surface area contributed by atoms with Gasteiger partial charge < -0.3 is 20.9 Å². The van der Waals surface area contributed by atoms with E-state index in [-0.39, 0.29) is 17.7 Å². The monoisotopic (exact) mass is 532 g/mol. The Morgan fingerprint density at radius 3 is 2.45 bits per heavy atom. The zero-order chi connectivity index (χ0) is 27.0. The summed E-state index contributed by atoms with van der Waals surface area (Å²) in [5.41, 5.74) is 0.0783. The summed E-state index contributed by atoms with van der Waals surface area (Å²) in [6, 6.07) is 19.2. The number of hydrogen-bond donors (Lipinski definition) is 3. The first-order valence-electron chi connectivity index (χ1n) is 13.1. The molecule has 1 atom stereocenters. The van der Waals surface area contributed by atoms with Gasteiger partial charge in [0.15, 0.2) is 0 Å². The number of rotatable bonds is 11. The first kappa shape index (κ1) is 27.5. The number of hydrogen-bond acceptors (Lipinski definition) is 5. The molecule has 0 bridgehead atoms. The number of nitrogens with one attached hydrogen (secondary N) is 3. The van der Waals surface area contributed by atoms with Gasteiger partial charge in [-0.1, -0.05) is 67.4 Å². The Labute approximate surface area is 228 Å². The van der Waals surface area contributed by atoms with Gasteiger partial charge in [0.05, 0.1) is 10.9 Å². The van der Waals surface area contributed by atoms with Crippen LogP contribution in [0.25, 0.3) is 10.1 Å². The van der Waals surface area contributed by atoms with Crippen molar-refractivity contribution in [1.29, 1.82) is 0 Å². The van der Waals surface area contributed by atoms with Crippen LogP contribution in [0.3, 0.4) is 0 Å². The highest BCUT2D eigenvalue weighted by molar-refractivity contribution is 7.20. The first-order chi connectivity index (χ1) is 18.3. The van der Waals surface area contributed by atoms with Crippen molar-refractivity contribution in [3.05, 3.63) is 83.3 Å². The molecule has 3 aromatic rings. The van der Waals surface area contributed by atoms with Crippen LogP contribution in [0, 0.1) is 0 Å². The van der Waals surface area contributed by atoms with Crippen LogP contribution < -0.4 is 16.0 Å². The molecule has 0 saturated heterocycles. The Morgan fingerprint density at radius 1 is 1.03 bits per heavy atom. The van der Waals surface area contributed by atoms with Gasteiger partial charge in [0.25, 0.3) is 5.91 Å². The fourth-order valence-corrected chi connectivity index (χ4v) is 5.72. The van der Waals surface area contributed by atoms with E-state index < -0.39 is 11.6 Å². The molecule has 0 spiro atoms. The van der Waals surface area contributed by atoms with Crippen LogP contribution in [0.1, 0.15) is 40.9 Å². The lowest BCUT2D eigenvalue weighted by Crippen LogP contribution is -2.58. The lowest BCUT2D eigenvalue weighted by atomic mass is 9.94. The molecular formula is C30H36N4O3S. The summed E-state index contributed by atoms with van der Waals surface area (Å²) in [6.45, 7) is 1.28. The number of thiophene rings is 1. The Hall–Kier alpha value is -3.49. The minimum absolute atomic E-state index is 0.201. The van der Waals surface area contributed by atoms with Crippen LogP contribution in [0.4, 0.5) is 0 Å². The highest BCUT2D eigenvalue weighted by Crippen LogP contribution is 2.32. The molecule has 38 heavy (non-hydrogen) atoms. The summed E-state index contributed by atoms with van der Waals surface area (Å²) in [6.07, 6.45) is 6.67. The van der Waals surface area contributed by atoms with E-state index in [1.165, 1.54) is 17.4 Å². The maximum absolute atomic E-state index is 13.7. The average Bonchev–Trinajstić information content (AvgIpc) is 3.56. The summed E-state index contributed by atoms with van der Waals surface area (Å²) in [5.74, 6) is -0.630. The second kappa shape index (κ2) is 12.8. The maximum Gasteiger partial charge on any atom is 0.262 e. The smallest absolute Gasteiger partial charge is 0.262 e. The molecule has 1 unspecified atom stereocenters. The molecule has 1 aromatic heterocycles. The van der Waals surface area contributed by atoms with Crippen molar-refractivity contribution in [1.82, 2.24) is 20.9 Å². The van der Waals surface area contributed by atoms with Gasteiger partial charge in [-0.2, -0.15) is 0 Å². The number of fused-ring (bicyclic) bond motifs is 1. The Bertz CT molecular complexity index is 1250. The topological polar surface area (TPSA) is 90.5 Å². The fourth-order valence-electron chi connectivity index (χ4n) is 4.77. The molecule has 1 aliphatic rings. The van der Waals surface area contributed by atoms with E-state index in [0.29, 0.717) is 30.7 Å². The van der Waals surface area contributed by atoms with Crippen molar-refractivity contribution in [2.75, 3.05) is 27.2 Å². The van der Waals surface area contributed by atoms with E-state index in [0.717, 1.165) is 35.0 Å². The third-order valence-corrected chi connectivity index (χ3v) is 7.96. The van der Waals surface area contributed by atoms with Crippen molar-refractivity contribution in [3.63, 3.8) is 0 Å². The van der Waals surface area contributed by atoms with Gasteiger partial charge in [-0.15, -0.1) is 11.3 Å². The highest BCUT2D eigenvalue weighted by atomic mass is 32.1. The molecule has 200 valence electrons. The summed E-state index contributed by atoms with van der Waals surface area (Å²) in [5, 5.41) is 10.1. The van der Waals surface area contributed by atoms with Crippen molar-refractivity contribution >= 4 is 39.1 Å². The van der Waals surface area contributed by atoms with E-state index in [2.05, 4.69) is 16.0 Å². The molecule has 2 aromatic carbocycles. The van der Waals surface area contributed by atoms with E-state index in [1.54, 1.807) is 6.08 Å². The Kier molecular flexibility index (Phi) is 9.31. The number of amides is 3. The molecule has 8 heteroatoms. The van der Waals surface area contributed by atoms with Gasteiger partial charge >= 0.3 is 0 Å². The van der Waals surface area contributed by atoms with Gasteiger partial charge in [-0.3, -0.25) is 14.4 Å². The SMILES string of the molecule is CN(C)CCNC(=O)/C=C/C(Cc1ccccc1)NC(=O)C1(NC(=O)c2cc3ccccc3s2)CCCC1. The van der Waals surface area contributed by atoms with Crippen LogP contribution in [0.2, 0.25) is 0 Å². The Balaban J connectivity index is 1.48. The molecular weight excluding hydrogens is 496 g/mol. The first-order valence-corrected chi connectivity index (χ1v) is 13.9. The van der Waals surface area contributed by atoms with Crippen LogP contribution >= 0.6 is 11.3 Å². The second-order valence-corrected chi connectivity index (χ2v) is 11.2. The molecule has 4 rings (SSSR count). The minimum atomic E-state index is -0.968.